The average Bonchev–Trinajstić information content (AvgIpc) is 2.93. The molecule has 0 aromatic heterocycles. The lowest BCUT2D eigenvalue weighted by Gasteiger charge is -2.12. The van der Waals surface area contributed by atoms with Crippen molar-refractivity contribution < 1.29 is 9.53 Å². The van der Waals surface area contributed by atoms with Crippen molar-refractivity contribution in [1.29, 1.82) is 0 Å². The number of benzene rings is 1. The van der Waals surface area contributed by atoms with E-state index in [9.17, 15) is 4.79 Å². The maximum atomic E-state index is 12.0. The summed E-state index contributed by atoms with van der Waals surface area (Å²) in [5.74, 6) is 0.934. The first-order valence-corrected chi connectivity index (χ1v) is 7.45. The number of ether oxygens (including phenoxy) is 1. The lowest BCUT2D eigenvalue weighted by atomic mass is 10.1. The van der Waals surface area contributed by atoms with Crippen LogP contribution in [-0.4, -0.2) is 25.1 Å². The quantitative estimate of drug-likeness (QED) is 0.840. The largest absolute Gasteiger partial charge is 0.494 e. The molecule has 1 aromatic carbocycles. The van der Waals surface area contributed by atoms with Gasteiger partial charge in [-0.1, -0.05) is 0 Å². The number of hydrogen-bond acceptors (Lipinski definition) is 3. The highest BCUT2D eigenvalue weighted by Crippen LogP contribution is 2.22. The van der Waals surface area contributed by atoms with E-state index in [1.807, 2.05) is 32.0 Å². The van der Waals surface area contributed by atoms with Gasteiger partial charge in [-0.15, -0.1) is 0 Å². The normalized spacial score (nSPS) is 18.0. The smallest absolute Gasteiger partial charge is 0.224 e. The van der Waals surface area contributed by atoms with Crippen LogP contribution in [0.15, 0.2) is 18.2 Å². The van der Waals surface area contributed by atoms with Gasteiger partial charge in [0.25, 0.3) is 0 Å². The number of amides is 1. The number of nitrogens with one attached hydrogen (secondary N) is 2. The van der Waals surface area contributed by atoms with E-state index in [0.29, 0.717) is 19.1 Å². The van der Waals surface area contributed by atoms with Crippen LogP contribution in [-0.2, 0) is 4.79 Å². The highest BCUT2D eigenvalue weighted by atomic mass is 16.5. The Morgan fingerprint density at radius 3 is 3.00 bits per heavy atom. The first kappa shape index (κ1) is 14.9. The van der Waals surface area contributed by atoms with Crippen molar-refractivity contribution in [2.45, 2.75) is 45.6 Å². The Morgan fingerprint density at radius 1 is 1.50 bits per heavy atom. The molecule has 0 bridgehead atoms. The molecule has 1 aliphatic rings. The molecule has 110 valence electrons. The highest BCUT2D eigenvalue weighted by molar-refractivity contribution is 5.91. The molecular weight excluding hydrogens is 252 g/mol. The standard InChI is InChI=1S/C16H24N2O2/c1-3-20-14-7-8-15(12(2)11-14)18-16(19)9-6-13-5-4-10-17-13/h7-8,11,13,17H,3-6,9-10H2,1-2H3,(H,18,19). The molecule has 20 heavy (non-hydrogen) atoms. The lowest BCUT2D eigenvalue weighted by Crippen LogP contribution is -2.23. The number of rotatable bonds is 6. The molecular formula is C16H24N2O2. The Labute approximate surface area is 120 Å². The van der Waals surface area contributed by atoms with E-state index in [1.54, 1.807) is 0 Å². The van der Waals surface area contributed by atoms with Crippen molar-refractivity contribution in [3.63, 3.8) is 0 Å². The minimum Gasteiger partial charge on any atom is -0.494 e. The summed E-state index contributed by atoms with van der Waals surface area (Å²) in [6.07, 6.45) is 3.91. The monoisotopic (exact) mass is 276 g/mol. The van der Waals surface area contributed by atoms with Gasteiger partial charge >= 0.3 is 0 Å². The molecule has 4 nitrogen and oxygen atoms in total. The van der Waals surface area contributed by atoms with Crippen LogP contribution in [0, 0.1) is 6.92 Å². The molecule has 0 spiro atoms. The summed E-state index contributed by atoms with van der Waals surface area (Å²) in [4.78, 5) is 12.0. The third-order valence-corrected chi connectivity index (χ3v) is 3.67. The first-order valence-electron chi connectivity index (χ1n) is 7.45. The summed E-state index contributed by atoms with van der Waals surface area (Å²) >= 11 is 0. The second-order valence-corrected chi connectivity index (χ2v) is 5.29. The van der Waals surface area contributed by atoms with E-state index >= 15 is 0 Å². The van der Waals surface area contributed by atoms with Crippen molar-refractivity contribution in [1.82, 2.24) is 5.32 Å². The summed E-state index contributed by atoms with van der Waals surface area (Å²) < 4.78 is 5.44. The first-order chi connectivity index (χ1) is 9.69. The topological polar surface area (TPSA) is 50.4 Å². The fourth-order valence-corrected chi connectivity index (χ4v) is 2.55. The van der Waals surface area contributed by atoms with Gasteiger partial charge in [0, 0.05) is 18.2 Å². The number of carbonyl (C=O) groups is 1. The number of hydrogen-bond donors (Lipinski definition) is 2. The molecule has 0 radical (unpaired) electrons. The minimum atomic E-state index is 0.0889. The summed E-state index contributed by atoms with van der Waals surface area (Å²) in [5, 5.41) is 6.39. The van der Waals surface area contributed by atoms with E-state index in [2.05, 4.69) is 10.6 Å². The Kier molecular flexibility index (Phi) is 5.41. The summed E-state index contributed by atoms with van der Waals surface area (Å²) in [6, 6.07) is 6.27. The second-order valence-electron chi connectivity index (χ2n) is 5.29. The number of carbonyl (C=O) groups excluding carboxylic acids is 1. The Hall–Kier alpha value is -1.55. The Balaban J connectivity index is 1.83. The molecule has 0 saturated carbocycles. The second kappa shape index (κ2) is 7.29. The fraction of sp³-hybridized carbons (Fsp3) is 0.562. The van der Waals surface area contributed by atoms with Crippen molar-refractivity contribution in [3.8, 4) is 5.75 Å². The van der Waals surface area contributed by atoms with Gasteiger partial charge in [0.15, 0.2) is 0 Å². The third-order valence-electron chi connectivity index (χ3n) is 3.67. The molecule has 1 saturated heterocycles. The summed E-state index contributed by atoms with van der Waals surface area (Å²) in [6.45, 7) is 5.68. The van der Waals surface area contributed by atoms with Crippen LogP contribution in [0.25, 0.3) is 0 Å². The zero-order valence-electron chi connectivity index (χ0n) is 12.4. The zero-order chi connectivity index (χ0) is 14.4. The van der Waals surface area contributed by atoms with Crippen molar-refractivity contribution in [2.75, 3.05) is 18.5 Å². The van der Waals surface area contributed by atoms with Crippen LogP contribution in [0.3, 0.4) is 0 Å². The van der Waals surface area contributed by atoms with Gasteiger partial charge < -0.3 is 15.4 Å². The molecule has 1 aliphatic heterocycles. The van der Waals surface area contributed by atoms with Crippen LogP contribution < -0.4 is 15.4 Å². The van der Waals surface area contributed by atoms with E-state index in [0.717, 1.165) is 30.0 Å². The van der Waals surface area contributed by atoms with E-state index in [-0.39, 0.29) is 5.91 Å². The van der Waals surface area contributed by atoms with Gasteiger partial charge in [0.05, 0.1) is 6.61 Å². The van der Waals surface area contributed by atoms with E-state index < -0.39 is 0 Å². The molecule has 1 unspecified atom stereocenters. The van der Waals surface area contributed by atoms with Crippen molar-refractivity contribution in [3.05, 3.63) is 23.8 Å². The van der Waals surface area contributed by atoms with Crippen LogP contribution in [0.2, 0.25) is 0 Å². The SMILES string of the molecule is CCOc1ccc(NC(=O)CCC2CCCN2)c(C)c1. The summed E-state index contributed by atoms with van der Waals surface area (Å²) in [7, 11) is 0. The van der Waals surface area contributed by atoms with Crippen molar-refractivity contribution in [2.24, 2.45) is 0 Å². The third kappa shape index (κ3) is 4.23. The van der Waals surface area contributed by atoms with Gasteiger partial charge in [-0.2, -0.15) is 0 Å². The van der Waals surface area contributed by atoms with Crippen LogP contribution in [0.4, 0.5) is 5.69 Å². The molecule has 1 amide bonds. The van der Waals surface area contributed by atoms with E-state index in [1.165, 1.54) is 12.8 Å². The lowest BCUT2D eigenvalue weighted by molar-refractivity contribution is -0.116. The molecule has 1 atom stereocenters. The van der Waals surface area contributed by atoms with E-state index in [4.69, 9.17) is 4.74 Å². The van der Waals surface area contributed by atoms with Gasteiger partial charge in [-0.25, -0.2) is 0 Å². The molecule has 2 rings (SSSR count). The highest BCUT2D eigenvalue weighted by Gasteiger charge is 2.15. The van der Waals surface area contributed by atoms with Gasteiger partial charge in [0.1, 0.15) is 5.75 Å². The zero-order valence-corrected chi connectivity index (χ0v) is 12.4. The Bertz CT molecular complexity index is 454. The average molecular weight is 276 g/mol. The predicted molar refractivity (Wildman–Crippen MR) is 81.2 cm³/mol. The maximum Gasteiger partial charge on any atom is 0.224 e. The van der Waals surface area contributed by atoms with Gasteiger partial charge in [-0.3, -0.25) is 4.79 Å². The van der Waals surface area contributed by atoms with Gasteiger partial charge in [-0.05, 0) is 63.4 Å². The van der Waals surface area contributed by atoms with Crippen molar-refractivity contribution >= 4 is 11.6 Å². The van der Waals surface area contributed by atoms with Gasteiger partial charge in [0.2, 0.25) is 5.91 Å². The van der Waals surface area contributed by atoms with Crippen LogP contribution in [0.5, 0.6) is 5.75 Å². The number of aryl methyl sites for hydroxylation is 1. The van der Waals surface area contributed by atoms with Crippen LogP contribution >= 0.6 is 0 Å². The molecule has 4 heteroatoms. The minimum absolute atomic E-state index is 0.0889. The predicted octanol–water partition coefficient (Wildman–Crippen LogP) is 2.86. The number of anilines is 1. The molecule has 1 aromatic rings. The van der Waals surface area contributed by atoms with Crippen LogP contribution in [0.1, 0.15) is 38.2 Å². The fourth-order valence-electron chi connectivity index (χ4n) is 2.55. The molecule has 0 aliphatic carbocycles. The Morgan fingerprint density at radius 2 is 2.35 bits per heavy atom. The molecule has 1 heterocycles. The molecule has 1 fully saturated rings. The molecule has 2 N–H and O–H groups in total. The maximum absolute atomic E-state index is 12.0. The summed E-state index contributed by atoms with van der Waals surface area (Å²) in [5.41, 5.74) is 1.90.